The van der Waals surface area contributed by atoms with Crippen LogP contribution in [0.1, 0.15) is 21.9 Å². The van der Waals surface area contributed by atoms with Crippen LogP contribution in [0.2, 0.25) is 5.02 Å². The van der Waals surface area contributed by atoms with Crippen LogP contribution >= 0.6 is 11.6 Å². The van der Waals surface area contributed by atoms with Gasteiger partial charge in [-0.15, -0.1) is 0 Å². The average molecular weight is 375 g/mol. The highest BCUT2D eigenvalue weighted by Gasteiger charge is 2.18. The third-order valence-electron chi connectivity index (χ3n) is 3.64. The van der Waals surface area contributed by atoms with Gasteiger partial charge in [0.1, 0.15) is 17.8 Å². The van der Waals surface area contributed by atoms with E-state index in [0.29, 0.717) is 17.3 Å². The Balaban J connectivity index is 1.61. The van der Waals surface area contributed by atoms with Crippen molar-refractivity contribution in [2.24, 2.45) is 0 Å². The molecule has 134 valence electrons. The van der Waals surface area contributed by atoms with Gasteiger partial charge in [0.15, 0.2) is 12.3 Å². The zero-order valence-electron chi connectivity index (χ0n) is 14.0. The zero-order chi connectivity index (χ0) is 18.5. The number of benzene rings is 2. The van der Waals surface area contributed by atoms with Crippen molar-refractivity contribution in [3.63, 3.8) is 0 Å². The lowest BCUT2D eigenvalue weighted by atomic mass is 10.2. The number of halogens is 2. The molecule has 0 saturated heterocycles. The molecule has 7 heteroatoms. The fraction of sp³-hybridized carbons (Fsp3) is 0.158. The van der Waals surface area contributed by atoms with Crippen molar-refractivity contribution in [1.29, 1.82) is 0 Å². The van der Waals surface area contributed by atoms with Gasteiger partial charge in [-0.05, 0) is 23.8 Å². The molecule has 0 aliphatic carbocycles. The minimum absolute atomic E-state index is 0.00897. The fourth-order valence-corrected chi connectivity index (χ4v) is 2.52. The minimum atomic E-state index is -0.396. The lowest BCUT2D eigenvalue weighted by molar-refractivity contribution is 0.0779. The summed E-state index contributed by atoms with van der Waals surface area (Å²) in [6.45, 7) is 0.339. The number of aromatic nitrogens is 1. The molecule has 26 heavy (non-hydrogen) atoms. The lowest BCUT2D eigenvalue weighted by Crippen LogP contribution is -2.26. The molecule has 0 saturated carbocycles. The molecular weight excluding hydrogens is 359 g/mol. The molecule has 1 amide bonds. The summed E-state index contributed by atoms with van der Waals surface area (Å²) >= 11 is 6.12. The minimum Gasteiger partial charge on any atom is -0.484 e. The molecule has 1 heterocycles. The number of carbonyl (C=O) groups excluding carboxylic acids is 1. The van der Waals surface area contributed by atoms with E-state index < -0.39 is 5.82 Å². The van der Waals surface area contributed by atoms with Crippen LogP contribution < -0.4 is 4.74 Å². The molecule has 0 aliphatic heterocycles. The number of oxazole rings is 1. The summed E-state index contributed by atoms with van der Waals surface area (Å²) in [7, 11) is 1.66. The van der Waals surface area contributed by atoms with E-state index in [4.69, 9.17) is 20.8 Å². The third-order valence-corrected chi connectivity index (χ3v) is 4.01. The molecule has 5 nitrogen and oxygen atoms in total. The maximum absolute atomic E-state index is 13.1. The van der Waals surface area contributed by atoms with Crippen LogP contribution in [0.25, 0.3) is 0 Å². The Bertz CT molecular complexity index is 913. The molecular formula is C19H16ClFN2O3. The summed E-state index contributed by atoms with van der Waals surface area (Å²) in [4.78, 5) is 18.1. The Hall–Kier alpha value is -2.86. The first-order valence-electron chi connectivity index (χ1n) is 7.84. The monoisotopic (exact) mass is 374 g/mol. The maximum Gasteiger partial charge on any atom is 0.275 e. The number of hydrogen-bond acceptors (Lipinski definition) is 4. The number of ether oxygens (including phenoxy) is 1. The molecule has 2 aromatic carbocycles. The predicted octanol–water partition coefficient (Wildman–Crippen LogP) is 4.32. The normalized spacial score (nSPS) is 10.6. The highest BCUT2D eigenvalue weighted by molar-refractivity contribution is 6.31. The standard InChI is InChI=1S/C19H16ClFN2O3/c1-23(10-13-5-2-3-8-16(13)20)19(24)17-11-26-18(22-17)12-25-15-7-4-6-14(21)9-15/h2-9,11H,10,12H2,1H3. The van der Waals surface area contributed by atoms with Crippen molar-refractivity contribution in [3.05, 3.63) is 82.8 Å². The quantitative estimate of drug-likeness (QED) is 0.644. The van der Waals surface area contributed by atoms with E-state index in [9.17, 15) is 9.18 Å². The number of hydrogen-bond donors (Lipinski definition) is 0. The molecule has 0 N–H and O–H groups in total. The summed E-state index contributed by atoms with van der Waals surface area (Å²) < 4.78 is 23.8. The fourth-order valence-electron chi connectivity index (χ4n) is 2.33. The summed E-state index contributed by atoms with van der Waals surface area (Å²) in [5.41, 5.74) is 1.00. The Morgan fingerprint density at radius 3 is 2.85 bits per heavy atom. The zero-order valence-corrected chi connectivity index (χ0v) is 14.7. The van der Waals surface area contributed by atoms with Crippen LogP contribution in [0.4, 0.5) is 4.39 Å². The van der Waals surface area contributed by atoms with Crippen LogP contribution in [0.15, 0.2) is 59.2 Å². The first-order valence-corrected chi connectivity index (χ1v) is 8.22. The van der Waals surface area contributed by atoms with Gasteiger partial charge in [-0.2, -0.15) is 0 Å². The number of nitrogens with zero attached hydrogens (tertiary/aromatic N) is 2. The van der Waals surface area contributed by atoms with E-state index in [1.165, 1.54) is 23.3 Å². The highest BCUT2D eigenvalue weighted by Crippen LogP contribution is 2.18. The van der Waals surface area contributed by atoms with Gasteiger partial charge in [-0.3, -0.25) is 4.79 Å². The first kappa shape index (κ1) is 17.9. The van der Waals surface area contributed by atoms with E-state index in [2.05, 4.69) is 4.98 Å². The van der Waals surface area contributed by atoms with Gasteiger partial charge in [-0.25, -0.2) is 9.37 Å². The molecule has 0 fully saturated rings. The second-order valence-electron chi connectivity index (χ2n) is 5.63. The van der Waals surface area contributed by atoms with Gasteiger partial charge in [0.2, 0.25) is 5.89 Å². The van der Waals surface area contributed by atoms with Gasteiger partial charge in [-0.1, -0.05) is 35.9 Å². The molecule has 0 spiro atoms. The van der Waals surface area contributed by atoms with Gasteiger partial charge in [0, 0.05) is 24.7 Å². The van der Waals surface area contributed by atoms with Crippen LogP contribution in [-0.2, 0) is 13.2 Å². The van der Waals surface area contributed by atoms with Crippen molar-refractivity contribution < 1.29 is 18.3 Å². The van der Waals surface area contributed by atoms with Gasteiger partial charge < -0.3 is 14.1 Å². The largest absolute Gasteiger partial charge is 0.484 e. The first-order chi connectivity index (χ1) is 12.5. The van der Waals surface area contributed by atoms with Crippen molar-refractivity contribution in [2.45, 2.75) is 13.2 Å². The van der Waals surface area contributed by atoms with Crippen molar-refractivity contribution >= 4 is 17.5 Å². The summed E-state index contributed by atoms with van der Waals surface area (Å²) in [6.07, 6.45) is 1.27. The lowest BCUT2D eigenvalue weighted by Gasteiger charge is -2.16. The van der Waals surface area contributed by atoms with Crippen molar-refractivity contribution in [2.75, 3.05) is 7.05 Å². The van der Waals surface area contributed by atoms with E-state index in [0.717, 1.165) is 5.56 Å². The summed E-state index contributed by atoms with van der Waals surface area (Å²) in [5, 5.41) is 0.594. The summed E-state index contributed by atoms with van der Waals surface area (Å²) in [6, 6.07) is 13.1. The molecule has 3 rings (SSSR count). The van der Waals surface area contributed by atoms with Gasteiger partial charge in [0.25, 0.3) is 5.91 Å². The van der Waals surface area contributed by atoms with E-state index in [1.54, 1.807) is 25.2 Å². The number of carbonyl (C=O) groups is 1. The second kappa shape index (κ2) is 8.01. The van der Waals surface area contributed by atoms with Crippen LogP contribution in [0, 0.1) is 5.82 Å². The van der Waals surface area contributed by atoms with Crippen LogP contribution in [0.5, 0.6) is 5.75 Å². The van der Waals surface area contributed by atoms with Crippen LogP contribution in [-0.4, -0.2) is 22.8 Å². The van der Waals surface area contributed by atoms with E-state index in [1.807, 2.05) is 18.2 Å². The van der Waals surface area contributed by atoms with Crippen molar-refractivity contribution in [1.82, 2.24) is 9.88 Å². The van der Waals surface area contributed by atoms with Gasteiger partial charge in [0.05, 0.1) is 0 Å². The highest BCUT2D eigenvalue weighted by atomic mass is 35.5. The topological polar surface area (TPSA) is 55.6 Å². The van der Waals surface area contributed by atoms with E-state index in [-0.39, 0.29) is 24.1 Å². The molecule has 1 aromatic heterocycles. The smallest absolute Gasteiger partial charge is 0.275 e. The Morgan fingerprint density at radius 2 is 2.08 bits per heavy atom. The number of amides is 1. The SMILES string of the molecule is CN(Cc1ccccc1Cl)C(=O)c1coc(COc2cccc(F)c2)n1. The summed E-state index contributed by atoms with van der Waals surface area (Å²) in [5.74, 6) is -0.117. The predicted molar refractivity (Wildman–Crippen MR) is 94.5 cm³/mol. The molecule has 0 atom stereocenters. The van der Waals surface area contributed by atoms with Crippen LogP contribution in [0.3, 0.4) is 0 Å². The number of rotatable bonds is 6. The molecule has 3 aromatic rings. The second-order valence-corrected chi connectivity index (χ2v) is 6.03. The van der Waals surface area contributed by atoms with Gasteiger partial charge >= 0.3 is 0 Å². The Morgan fingerprint density at radius 1 is 1.27 bits per heavy atom. The average Bonchev–Trinajstić information content (AvgIpc) is 3.10. The Labute approximate surface area is 155 Å². The molecule has 0 radical (unpaired) electrons. The molecule has 0 unspecified atom stereocenters. The molecule has 0 bridgehead atoms. The third kappa shape index (κ3) is 4.40. The van der Waals surface area contributed by atoms with Crippen molar-refractivity contribution in [3.8, 4) is 5.75 Å². The molecule has 0 aliphatic rings. The Kier molecular flexibility index (Phi) is 5.53. The van der Waals surface area contributed by atoms with E-state index >= 15 is 0 Å². The maximum atomic E-state index is 13.1.